The van der Waals surface area contributed by atoms with Gasteiger partial charge in [0.2, 0.25) is 0 Å². The van der Waals surface area contributed by atoms with E-state index in [-0.39, 0.29) is 5.56 Å². The summed E-state index contributed by atoms with van der Waals surface area (Å²) in [6.07, 6.45) is 0. The summed E-state index contributed by atoms with van der Waals surface area (Å²) >= 11 is 3.04. The van der Waals surface area contributed by atoms with Crippen molar-refractivity contribution in [2.24, 2.45) is 0 Å². The number of nitro benzene ring substituents is 1. The molecule has 0 fully saturated rings. The largest absolute Gasteiger partial charge is 0.292 e. The lowest BCUT2D eigenvalue weighted by Crippen LogP contribution is -2.01. The van der Waals surface area contributed by atoms with Gasteiger partial charge in [0, 0.05) is 20.7 Å². The molecule has 8 heteroatoms. The summed E-state index contributed by atoms with van der Waals surface area (Å²) in [5.41, 5.74) is -0.262. The Morgan fingerprint density at radius 2 is 2.00 bits per heavy atom. The van der Waals surface area contributed by atoms with E-state index in [0.717, 1.165) is 6.07 Å². The summed E-state index contributed by atoms with van der Waals surface area (Å²) in [5.74, 6) is 0. The number of hydrogen-bond donors (Lipinski definition) is 0. The van der Waals surface area contributed by atoms with Gasteiger partial charge in [0.25, 0.3) is 14.7 Å². The van der Waals surface area contributed by atoms with Crippen molar-refractivity contribution in [2.45, 2.75) is 11.8 Å². The first kappa shape index (κ1) is 12.4. The monoisotopic (exact) mass is 313 g/mol. The highest BCUT2D eigenvalue weighted by molar-refractivity contribution is 9.10. The minimum absolute atomic E-state index is 0.230. The Morgan fingerprint density at radius 3 is 2.40 bits per heavy atom. The van der Waals surface area contributed by atoms with Crippen LogP contribution in [0.5, 0.6) is 0 Å². The van der Waals surface area contributed by atoms with Gasteiger partial charge in [0.15, 0.2) is 4.90 Å². The molecule has 0 radical (unpaired) electrons. The van der Waals surface area contributed by atoms with Crippen LogP contribution in [0.1, 0.15) is 5.56 Å². The zero-order valence-electron chi connectivity index (χ0n) is 7.40. The van der Waals surface area contributed by atoms with Gasteiger partial charge >= 0.3 is 0 Å². The molecule has 0 N–H and O–H groups in total. The number of halogens is 2. The molecule has 0 amide bonds. The molecular formula is C7H5BrClNO4S. The lowest BCUT2D eigenvalue weighted by atomic mass is 10.2. The van der Waals surface area contributed by atoms with Crippen molar-refractivity contribution < 1.29 is 13.3 Å². The fourth-order valence-corrected chi connectivity index (χ4v) is 2.94. The Balaban J connectivity index is 3.70. The Labute approximate surface area is 98.7 Å². The molecule has 5 nitrogen and oxygen atoms in total. The maximum Gasteiger partial charge on any atom is 0.292 e. The molecule has 0 unspecified atom stereocenters. The predicted octanol–water partition coefficient (Wildman–Crippen LogP) is 2.59. The van der Waals surface area contributed by atoms with Crippen LogP contribution in [0.4, 0.5) is 5.69 Å². The zero-order valence-corrected chi connectivity index (χ0v) is 10.6. The van der Waals surface area contributed by atoms with Crippen LogP contribution in [0.25, 0.3) is 0 Å². The number of hydrogen-bond acceptors (Lipinski definition) is 4. The summed E-state index contributed by atoms with van der Waals surface area (Å²) in [6, 6.07) is 2.55. The molecule has 0 aliphatic carbocycles. The topological polar surface area (TPSA) is 77.3 Å². The first-order valence-electron chi connectivity index (χ1n) is 3.62. The Bertz CT molecular complexity index is 528. The highest BCUT2D eigenvalue weighted by Gasteiger charge is 2.26. The summed E-state index contributed by atoms with van der Waals surface area (Å²) < 4.78 is 22.6. The molecule has 1 aromatic carbocycles. The van der Waals surface area contributed by atoms with E-state index < -0.39 is 24.6 Å². The first-order chi connectivity index (χ1) is 6.73. The van der Waals surface area contributed by atoms with Crippen molar-refractivity contribution in [1.82, 2.24) is 0 Å². The molecule has 0 aliphatic heterocycles. The van der Waals surface area contributed by atoms with Gasteiger partial charge in [0.1, 0.15) is 0 Å². The van der Waals surface area contributed by atoms with Crippen molar-refractivity contribution in [3.05, 3.63) is 32.3 Å². The number of benzene rings is 1. The predicted molar refractivity (Wildman–Crippen MR) is 58.6 cm³/mol. The molecule has 1 aromatic rings. The summed E-state index contributed by atoms with van der Waals surface area (Å²) in [6.45, 7) is 1.44. The van der Waals surface area contributed by atoms with E-state index >= 15 is 0 Å². The quantitative estimate of drug-likeness (QED) is 0.477. The van der Waals surface area contributed by atoms with E-state index in [2.05, 4.69) is 15.9 Å². The third-order valence-corrected chi connectivity index (χ3v) is 3.47. The van der Waals surface area contributed by atoms with Crippen molar-refractivity contribution in [2.75, 3.05) is 0 Å². The highest BCUT2D eigenvalue weighted by atomic mass is 79.9. The number of nitrogens with zero attached hydrogens (tertiary/aromatic N) is 1. The van der Waals surface area contributed by atoms with Crippen LogP contribution < -0.4 is 0 Å². The van der Waals surface area contributed by atoms with Gasteiger partial charge in [-0.1, -0.05) is 15.9 Å². The van der Waals surface area contributed by atoms with E-state index in [0.29, 0.717) is 4.47 Å². The number of rotatable bonds is 2. The third kappa shape index (κ3) is 2.67. The Kier molecular flexibility index (Phi) is 3.37. The van der Waals surface area contributed by atoms with Crippen molar-refractivity contribution >= 4 is 41.4 Å². The molecule has 0 atom stereocenters. The molecule has 15 heavy (non-hydrogen) atoms. The molecule has 0 aromatic heterocycles. The van der Waals surface area contributed by atoms with Crippen LogP contribution in [-0.2, 0) is 9.05 Å². The van der Waals surface area contributed by atoms with Gasteiger partial charge in [-0.05, 0) is 19.1 Å². The summed E-state index contributed by atoms with van der Waals surface area (Å²) in [7, 11) is 0.976. The summed E-state index contributed by atoms with van der Waals surface area (Å²) in [5, 5.41) is 10.7. The second-order valence-corrected chi connectivity index (χ2v) is 6.21. The third-order valence-electron chi connectivity index (χ3n) is 1.68. The number of aryl methyl sites for hydroxylation is 1. The van der Waals surface area contributed by atoms with E-state index in [4.69, 9.17) is 10.7 Å². The molecular weight excluding hydrogens is 310 g/mol. The van der Waals surface area contributed by atoms with Crippen molar-refractivity contribution in [3.63, 3.8) is 0 Å². The minimum atomic E-state index is -4.12. The Morgan fingerprint density at radius 1 is 1.47 bits per heavy atom. The molecule has 0 spiro atoms. The molecule has 0 aliphatic rings. The zero-order chi connectivity index (χ0) is 11.8. The van der Waals surface area contributed by atoms with Crippen LogP contribution in [0.15, 0.2) is 21.5 Å². The van der Waals surface area contributed by atoms with Gasteiger partial charge < -0.3 is 0 Å². The van der Waals surface area contributed by atoms with Crippen LogP contribution in [0, 0.1) is 17.0 Å². The molecule has 1 rings (SSSR count). The van der Waals surface area contributed by atoms with Gasteiger partial charge in [-0.2, -0.15) is 0 Å². The molecule has 0 saturated carbocycles. The summed E-state index contributed by atoms with van der Waals surface area (Å²) in [4.78, 5) is 9.40. The van der Waals surface area contributed by atoms with Gasteiger partial charge in [-0.25, -0.2) is 8.42 Å². The Hall–Kier alpha value is -0.660. The minimum Gasteiger partial charge on any atom is -0.258 e. The molecule has 82 valence electrons. The average Bonchev–Trinajstić information content (AvgIpc) is 1.99. The van der Waals surface area contributed by atoms with Gasteiger partial charge in [0.05, 0.1) is 4.92 Å². The van der Waals surface area contributed by atoms with Crippen LogP contribution in [0.2, 0.25) is 0 Å². The average molecular weight is 315 g/mol. The smallest absolute Gasteiger partial charge is 0.258 e. The number of nitro groups is 1. The lowest BCUT2D eigenvalue weighted by Gasteiger charge is -2.03. The highest BCUT2D eigenvalue weighted by Crippen LogP contribution is 2.32. The van der Waals surface area contributed by atoms with E-state index in [9.17, 15) is 18.5 Å². The first-order valence-corrected chi connectivity index (χ1v) is 6.73. The maximum absolute atomic E-state index is 11.1. The van der Waals surface area contributed by atoms with Crippen molar-refractivity contribution in [1.29, 1.82) is 0 Å². The fourth-order valence-electron chi connectivity index (χ4n) is 1.12. The van der Waals surface area contributed by atoms with Crippen molar-refractivity contribution in [3.8, 4) is 0 Å². The normalized spacial score (nSPS) is 11.4. The maximum atomic E-state index is 11.1. The molecule has 0 heterocycles. The van der Waals surface area contributed by atoms with Crippen LogP contribution >= 0.6 is 26.6 Å². The van der Waals surface area contributed by atoms with E-state index in [1.165, 1.54) is 13.0 Å². The van der Waals surface area contributed by atoms with Gasteiger partial charge in [-0.3, -0.25) is 10.1 Å². The van der Waals surface area contributed by atoms with Crippen LogP contribution in [0.3, 0.4) is 0 Å². The van der Waals surface area contributed by atoms with Crippen LogP contribution in [-0.4, -0.2) is 13.3 Å². The van der Waals surface area contributed by atoms with Gasteiger partial charge in [-0.15, -0.1) is 0 Å². The van der Waals surface area contributed by atoms with E-state index in [1.807, 2.05) is 0 Å². The second-order valence-electron chi connectivity index (χ2n) is 2.76. The molecule has 0 bridgehead atoms. The standard InChI is InChI=1S/C7H5BrClNO4S/c1-4-2-5(8)3-6(15(9,13)14)7(4)10(11)12/h2-3H,1H3. The lowest BCUT2D eigenvalue weighted by molar-refractivity contribution is -0.388. The fraction of sp³-hybridized carbons (Fsp3) is 0.143. The SMILES string of the molecule is Cc1cc(Br)cc(S(=O)(=O)Cl)c1[N+](=O)[O-]. The second kappa shape index (κ2) is 4.07. The van der Waals surface area contributed by atoms with E-state index in [1.54, 1.807) is 0 Å². The molecule has 0 saturated heterocycles.